The molecule has 1 aromatic heterocycles. The number of hydrogen-bond donors (Lipinski definition) is 1. The third-order valence-corrected chi connectivity index (χ3v) is 6.85. The van der Waals surface area contributed by atoms with Crippen LogP contribution in [-0.4, -0.2) is 72.2 Å². The summed E-state index contributed by atoms with van der Waals surface area (Å²) in [7, 11) is 2.23. The van der Waals surface area contributed by atoms with Crippen LogP contribution in [0.3, 0.4) is 0 Å². The van der Waals surface area contributed by atoms with Crippen LogP contribution in [0.25, 0.3) is 11.1 Å². The van der Waals surface area contributed by atoms with Crippen molar-refractivity contribution in [1.82, 2.24) is 20.1 Å². The SMILES string of the molecule is CN1C2CCCC1CC(NC(=O)c1cccc3oc(CN4CCOCC4)nc13)C2.Cl. The summed E-state index contributed by atoms with van der Waals surface area (Å²) in [6, 6.07) is 7.05. The molecule has 0 saturated carbocycles. The summed E-state index contributed by atoms with van der Waals surface area (Å²) < 4.78 is 11.4. The molecule has 1 N–H and O–H groups in total. The number of piperidine rings is 2. The molecule has 30 heavy (non-hydrogen) atoms. The molecular formula is C22H31ClN4O3. The summed E-state index contributed by atoms with van der Waals surface area (Å²) in [6.45, 7) is 3.89. The van der Waals surface area contributed by atoms with Crippen LogP contribution < -0.4 is 5.32 Å². The Morgan fingerprint density at radius 3 is 2.67 bits per heavy atom. The van der Waals surface area contributed by atoms with Crippen molar-refractivity contribution < 1.29 is 13.9 Å². The van der Waals surface area contributed by atoms with Crippen molar-refractivity contribution in [3.05, 3.63) is 29.7 Å². The molecule has 3 aliphatic heterocycles. The molecular weight excluding hydrogens is 404 g/mol. The van der Waals surface area contributed by atoms with E-state index in [-0.39, 0.29) is 24.4 Å². The number of nitrogens with zero attached hydrogens (tertiary/aromatic N) is 3. The van der Waals surface area contributed by atoms with Crippen molar-refractivity contribution >= 4 is 29.4 Å². The highest BCUT2D eigenvalue weighted by atomic mass is 35.5. The fourth-order valence-corrected chi connectivity index (χ4v) is 5.19. The van der Waals surface area contributed by atoms with E-state index < -0.39 is 0 Å². The predicted octanol–water partition coefficient (Wildman–Crippen LogP) is 2.83. The maximum atomic E-state index is 13.1. The van der Waals surface area contributed by atoms with Crippen LogP contribution >= 0.6 is 12.4 Å². The van der Waals surface area contributed by atoms with Crippen LogP contribution in [0.2, 0.25) is 0 Å². The number of benzene rings is 1. The zero-order valence-corrected chi connectivity index (χ0v) is 18.3. The molecule has 1 aromatic carbocycles. The number of aromatic nitrogens is 1. The largest absolute Gasteiger partial charge is 0.439 e. The minimum Gasteiger partial charge on any atom is -0.439 e. The number of halogens is 1. The zero-order chi connectivity index (χ0) is 19.8. The van der Waals surface area contributed by atoms with Gasteiger partial charge in [-0.1, -0.05) is 12.5 Å². The van der Waals surface area contributed by atoms with Crippen molar-refractivity contribution in [2.24, 2.45) is 0 Å². The molecule has 0 spiro atoms. The van der Waals surface area contributed by atoms with Crippen molar-refractivity contribution in [3.63, 3.8) is 0 Å². The smallest absolute Gasteiger partial charge is 0.253 e. The normalized spacial score (nSPS) is 27.6. The minimum atomic E-state index is -0.0329. The van der Waals surface area contributed by atoms with Crippen LogP contribution in [0.15, 0.2) is 22.6 Å². The summed E-state index contributed by atoms with van der Waals surface area (Å²) in [5, 5.41) is 3.29. The Labute approximate surface area is 183 Å². The number of oxazole rings is 1. The van der Waals surface area contributed by atoms with Gasteiger partial charge in [-0.05, 0) is 44.9 Å². The number of amides is 1. The molecule has 0 radical (unpaired) electrons. The van der Waals surface area contributed by atoms with Gasteiger partial charge in [-0.15, -0.1) is 12.4 Å². The first-order chi connectivity index (χ1) is 14.2. The van der Waals surface area contributed by atoms with Gasteiger partial charge in [-0.3, -0.25) is 9.69 Å². The van der Waals surface area contributed by atoms with Crippen molar-refractivity contribution in [2.75, 3.05) is 33.4 Å². The highest BCUT2D eigenvalue weighted by Gasteiger charge is 2.36. The highest BCUT2D eigenvalue weighted by molar-refractivity contribution is 6.04. The first-order valence-corrected chi connectivity index (χ1v) is 10.9. The van der Waals surface area contributed by atoms with E-state index in [2.05, 4.69) is 27.1 Å². The summed E-state index contributed by atoms with van der Waals surface area (Å²) in [5.74, 6) is 0.630. The molecule has 2 atom stereocenters. The number of nitrogens with one attached hydrogen (secondary N) is 1. The highest BCUT2D eigenvalue weighted by Crippen LogP contribution is 2.33. The fourth-order valence-electron chi connectivity index (χ4n) is 5.19. The Balaban J connectivity index is 0.00000218. The molecule has 2 unspecified atom stereocenters. The number of ether oxygens (including phenoxy) is 1. The lowest BCUT2D eigenvalue weighted by atomic mass is 9.82. The van der Waals surface area contributed by atoms with Gasteiger partial charge in [0.1, 0.15) is 5.52 Å². The predicted molar refractivity (Wildman–Crippen MR) is 117 cm³/mol. The number of para-hydroxylation sites is 1. The lowest BCUT2D eigenvalue weighted by molar-refractivity contribution is 0.0308. The van der Waals surface area contributed by atoms with E-state index in [1.807, 2.05) is 18.2 Å². The Morgan fingerprint density at radius 1 is 1.20 bits per heavy atom. The van der Waals surface area contributed by atoms with E-state index in [0.717, 1.165) is 39.1 Å². The van der Waals surface area contributed by atoms with Crippen LogP contribution in [0.1, 0.15) is 48.4 Å². The van der Waals surface area contributed by atoms with Gasteiger partial charge in [0.2, 0.25) is 5.89 Å². The fraction of sp³-hybridized carbons (Fsp3) is 0.636. The van der Waals surface area contributed by atoms with E-state index in [4.69, 9.17) is 9.15 Å². The van der Waals surface area contributed by atoms with E-state index in [1.165, 1.54) is 19.3 Å². The number of carbonyl (C=O) groups is 1. The zero-order valence-electron chi connectivity index (χ0n) is 17.5. The summed E-state index contributed by atoms with van der Waals surface area (Å²) >= 11 is 0. The van der Waals surface area contributed by atoms with E-state index in [9.17, 15) is 4.79 Å². The number of hydrogen-bond acceptors (Lipinski definition) is 6. The topological polar surface area (TPSA) is 70.8 Å². The molecule has 3 fully saturated rings. The molecule has 1 amide bonds. The lowest BCUT2D eigenvalue weighted by Crippen LogP contribution is -2.55. The molecule has 164 valence electrons. The molecule has 2 bridgehead atoms. The maximum Gasteiger partial charge on any atom is 0.253 e. The molecule has 7 nitrogen and oxygen atoms in total. The van der Waals surface area contributed by atoms with Crippen molar-refractivity contribution in [2.45, 2.75) is 56.8 Å². The van der Waals surface area contributed by atoms with Gasteiger partial charge in [0, 0.05) is 31.2 Å². The molecule has 4 heterocycles. The van der Waals surface area contributed by atoms with Crippen LogP contribution in [0.5, 0.6) is 0 Å². The number of fused-ring (bicyclic) bond motifs is 3. The Hall–Kier alpha value is -1.67. The van der Waals surface area contributed by atoms with Gasteiger partial charge in [-0.25, -0.2) is 4.98 Å². The van der Waals surface area contributed by atoms with Crippen molar-refractivity contribution in [1.29, 1.82) is 0 Å². The summed E-state index contributed by atoms with van der Waals surface area (Å²) in [4.78, 5) is 22.6. The number of rotatable bonds is 4. The maximum absolute atomic E-state index is 13.1. The molecule has 5 rings (SSSR count). The average Bonchev–Trinajstić information content (AvgIpc) is 3.12. The lowest BCUT2D eigenvalue weighted by Gasteiger charge is -2.47. The van der Waals surface area contributed by atoms with Gasteiger partial charge in [0.15, 0.2) is 5.58 Å². The third-order valence-electron chi connectivity index (χ3n) is 6.85. The molecule has 3 saturated heterocycles. The van der Waals surface area contributed by atoms with Crippen molar-refractivity contribution in [3.8, 4) is 0 Å². The van der Waals surface area contributed by atoms with E-state index in [1.54, 1.807) is 0 Å². The Kier molecular flexibility index (Phi) is 6.63. The standard InChI is InChI=1S/C22H30N4O3.ClH/c1-25-16-4-2-5-17(25)13-15(12-16)23-22(27)18-6-3-7-19-21(18)24-20(29-19)14-26-8-10-28-11-9-26;/h3,6-7,15-17H,2,4-5,8-14H2,1H3,(H,23,27);1H. The minimum absolute atomic E-state index is 0. The van der Waals surface area contributed by atoms with Gasteiger partial charge < -0.3 is 19.4 Å². The third kappa shape index (κ3) is 4.35. The number of morpholine rings is 1. The Bertz CT molecular complexity index is 868. The molecule has 0 aliphatic carbocycles. The van der Waals surface area contributed by atoms with Gasteiger partial charge in [0.25, 0.3) is 5.91 Å². The molecule has 2 aromatic rings. The second-order valence-corrected chi connectivity index (χ2v) is 8.69. The van der Waals surface area contributed by atoms with E-state index in [0.29, 0.717) is 41.2 Å². The summed E-state index contributed by atoms with van der Waals surface area (Å²) in [6.07, 6.45) is 5.86. The molecule has 8 heteroatoms. The Morgan fingerprint density at radius 2 is 1.93 bits per heavy atom. The van der Waals surface area contributed by atoms with Gasteiger partial charge in [0.05, 0.1) is 25.3 Å². The second-order valence-electron chi connectivity index (χ2n) is 8.69. The van der Waals surface area contributed by atoms with Crippen LogP contribution in [-0.2, 0) is 11.3 Å². The van der Waals surface area contributed by atoms with E-state index >= 15 is 0 Å². The molecule has 3 aliphatic rings. The average molecular weight is 435 g/mol. The first kappa shape index (κ1) is 21.6. The van der Waals surface area contributed by atoms with Gasteiger partial charge >= 0.3 is 0 Å². The summed E-state index contributed by atoms with van der Waals surface area (Å²) in [5.41, 5.74) is 1.96. The quantitative estimate of drug-likeness (QED) is 0.797. The number of carbonyl (C=O) groups excluding carboxylic acids is 1. The van der Waals surface area contributed by atoms with Crippen LogP contribution in [0.4, 0.5) is 0 Å². The first-order valence-electron chi connectivity index (χ1n) is 10.9. The van der Waals surface area contributed by atoms with Crippen LogP contribution in [0, 0.1) is 0 Å². The second kappa shape index (κ2) is 9.22. The van der Waals surface area contributed by atoms with Gasteiger partial charge in [-0.2, -0.15) is 0 Å². The monoisotopic (exact) mass is 434 g/mol.